The van der Waals surface area contributed by atoms with Crippen LogP contribution in [-0.2, 0) is 30.7 Å². The van der Waals surface area contributed by atoms with Crippen molar-refractivity contribution in [3.05, 3.63) is 63.1 Å². The minimum atomic E-state index is -9.90. The summed E-state index contributed by atoms with van der Waals surface area (Å²) in [7, 11) is -12.3. The first-order chi connectivity index (χ1) is 21.4. The van der Waals surface area contributed by atoms with Gasteiger partial charge in [0.2, 0.25) is 5.69 Å². The monoisotopic (exact) mass is 705 g/mol. The van der Waals surface area contributed by atoms with E-state index in [1.54, 1.807) is 0 Å². The molecule has 1 spiro atoms. The molecule has 0 N–H and O–H groups in total. The number of aromatic nitrogens is 1. The number of fused-ring (bicyclic) bond motifs is 4. The molecule has 1 aliphatic carbocycles. The number of hydrogen-bond acceptors (Lipinski definition) is 5. The summed E-state index contributed by atoms with van der Waals surface area (Å²) in [5, 5.41) is 14.8. The number of halogens is 5. The molecule has 0 bridgehead atoms. The molecule has 0 saturated carbocycles. The predicted octanol–water partition coefficient (Wildman–Crippen LogP) is 10.0. The molecule has 1 aromatic carbocycles. The molecule has 0 radical (unpaired) electrons. The van der Waals surface area contributed by atoms with E-state index in [9.17, 15) is 24.6 Å². The third-order valence-electron chi connectivity index (χ3n) is 11.1. The van der Waals surface area contributed by atoms with E-state index in [-0.39, 0.29) is 16.4 Å². The zero-order chi connectivity index (χ0) is 34.5. The van der Waals surface area contributed by atoms with E-state index in [1.807, 2.05) is 0 Å². The van der Waals surface area contributed by atoms with Crippen molar-refractivity contribution in [1.29, 1.82) is 0 Å². The molecule has 2 atom stereocenters. The van der Waals surface area contributed by atoms with Crippen LogP contribution in [0.2, 0.25) is 18.1 Å². The molecule has 2 aromatic rings. The Balaban J connectivity index is 1.64. The van der Waals surface area contributed by atoms with Gasteiger partial charge in [0.15, 0.2) is 14.0 Å². The molecule has 4 aliphatic rings. The van der Waals surface area contributed by atoms with Crippen molar-refractivity contribution in [2.24, 2.45) is 5.41 Å². The Kier molecular flexibility index (Phi) is 7.92. The lowest BCUT2D eigenvalue weighted by Gasteiger charge is -2.45. The summed E-state index contributed by atoms with van der Waals surface area (Å²) in [6.07, 6.45) is 2.07. The first kappa shape index (κ1) is 35.1. The van der Waals surface area contributed by atoms with Crippen molar-refractivity contribution in [2.75, 3.05) is 26.4 Å². The van der Waals surface area contributed by atoms with Gasteiger partial charge in [0.25, 0.3) is 0 Å². The van der Waals surface area contributed by atoms with E-state index in [0.29, 0.717) is 99.6 Å². The van der Waals surface area contributed by atoms with Crippen LogP contribution in [0.25, 0.3) is 0 Å². The van der Waals surface area contributed by atoms with Gasteiger partial charge < -0.3 is 23.8 Å². The quantitative estimate of drug-likeness (QED) is 0.134. The number of hydrogen-bond donors (Lipinski definition) is 0. The minimum absolute atomic E-state index is 0.104. The molecule has 2 saturated heterocycles. The minimum Gasteiger partial charge on any atom is -0.618 e. The van der Waals surface area contributed by atoms with Gasteiger partial charge in [-0.2, -0.15) is 4.73 Å². The maximum Gasteiger partial charge on any atom is 0.310 e. The van der Waals surface area contributed by atoms with Crippen LogP contribution in [0.4, 0.5) is 19.4 Å². The maximum atomic E-state index is 14.9. The normalized spacial score (nSPS) is 26.4. The van der Waals surface area contributed by atoms with Crippen LogP contribution in [0.3, 0.4) is 0 Å². The smallest absolute Gasteiger partial charge is 0.310 e. The topological polar surface area (TPSA) is 63.9 Å². The molecule has 2 fully saturated rings. The van der Waals surface area contributed by atoms with Crippen molar-refractivity contribution >= 4 is 18.5 Å². The van der Waals surface area contributed by atoms with Crippen LogP contribution >= 0.6 is 10.2 Å². The number of benzene rings is 1. The highest BCUT2D eigenvalue weighted by Crippen LogP contribution is 3.02. The lowest BCUT2D eigenvalue weighted by molar-refractivity contribution is -0.627. The molecule has 47 heavy (non-hydrogen) atoms. The number of nitrogens with zero attached hydrogens (tertiary/aromatic N) is 1. The van der Waals surface area contributed by atoms with Crippen molar-refractivity contribution in [1.82, 2.24) is 0 Å². The molecule has 6 rings (SSSR count). The van der Waals surface area contributed by atoms with Crippen LogP contribution in [0, 0.1) is 10.6 Å². The van der Waals surface area contributed by atoms with E-state index in [0.717, 1.165) is 28.0 Å². The fraction of sp³-hybridized carbons (Fsp3) is 0.676. The van der Waals surface area contributed by atoms with Crippen LogP contribution in [0.5, 0.6) is 0 Å². The summed E-state index contributed by atoms with van der Waals surface area (Å²) in [5.41, 5.74) is 2.77. The van der Waals surface area contributed by atoms with Gasteiger partial charge in [-0.1, -0.05) is 66.2 Å². The van der Waals surface area contributed by atoms with Crippen LogP contribution in [0.1, 0.15) is 118 Å². The summed E-state index contributed by atoms with van der Waals surface area (Å²) >= 11 is 0. The molecular formula is C34H48F5NO5SSi. The first-order valence-corrected chi connectivity index (χ1v) is 21.5. The second kappa shape index (κ2) is 10.6. The van der Waals surface area contributed by atoms with Gasteiger partial charge >= 0.3 is 10.2 Å². The number of ether oxygens (including phenoxy) is 3. The Morgan fingerprint density at radius 3 is 2.04 bits per heavy atom. The third kappa shape index (κ3) is 6.37. The highest BCUT2D eigenvalue weighted by Gasteiger charge is 2.65. The third-order valence-corrected chi connectivity index (χ3v) is 16.8. The van der Waals surface area contributed by atoms with Crippen LogP contribution in [-0.4, -0.2) is 34.7 Å². The van der Waals surface area contributed by atoms with E-state index in [2.05, 4.69) is 47.7 Å². The fourth-order valence-electron chi connectivity index (χ4n) is 7.72. The van der Waals surface area contributed by atoms with Gasteiger partial charge in [0.05, 0.1) is 22.8 Å². The zero-order valence-corrected chi connectivity index (χ0v) is 30.2. The number of pyridine rings is 1. The van der Waals surface area contributed by atoms with Gasteiger partial charge in [-0.15, -0.1) is 0 Å². The van der Waals surface area contributed by atoms with Crippen LogP contribution in [0.15, 0.2) is 29.2 Å². The highest BCUT2D eigenvalue weighted by atomic mass is 32.5. The average molecular weight is 706 g/mol. The van der Waals surface area contributed by atoms with E-state index in [1.165, 1.54) is 0 Å². The van der Waals surface area contributed by atoms with E-state index >= 15 is 0 Å². The lowest BCUT2D eigenvalue weighted by Crippen LogP contribution is -2.50. The summed E-state index contributed by atoms with van der Waals surface area (Å²) in [6.45, 7) is 17.0. The highest BCUT2D eigenvalue weighted by molar-refractivity contribution is 8.45. The summed E-state index contributed by atoms with van der Waals surface area (Å²) < 4.78 is 95.4. The SMILES string of the molecule is CC1(C)Cc2c(c3c(c(C4CCOCC4)[n+]2[O-])C(c2ccc(S(F)(F)(F)(F)F)cc2)OC32CCOCC2)C(O[Si](C)(C)C(C)(C)C)C1. The molecular weight excluding hydrogens is 658 g/mol. The molecule has 264 valence electrons. The molecule has 4 heterocycles. The predicted molar refractivity (Wildman–Crippen MR) is 174 cm³/mol. The fourth-order valence-corrected chi connectivity index (χ4v) is 9.63. The Morgan fingerprint density at radius 1 is 0.915 bits per heavy atom. The lowest BCUT2D eigenvalue weighted by atomic mass is 9.69. The summed E-state index contributed by atoms with van der Waals surface area (Å²) in [4.78, 5) is -1.95. The number of rotatable bonds is 5. The summed E-state index contributed by atoms with van der Waals surface area (Å²) in [6, 6.07) is 3.04. The Morgan fingerprint density at radius 2 is 1.49 bits per heavy atom. The second-order valence-electron chi connectivity index (χ2n) is 16.3. The molecule has 3 aliphatic heterocycles. The van der Waals surface area contributed by atoms with Gasteiger partial charge in [0.1, 0.15) is 11.0 Å². The second-order valence-corrected chi connectivity index (χ2v) is 23.4. The van der Waals surface area contributed by atoms with Crippen molar-refractivity contribution in [3.8, 4) is 0 Å². The van der Waals surface area contributed by atoms with E-state index < -0.39 is 41.2 Å². The Hall–Kier alpha value is -1.77. The molecule has 13 heteroatoms. The van der Waals surface area contributed by atoms with Crippen LogP contribution < -0.4 is 4.73 Å². The molecule has 6 nitrogen and oxygen atoms in total. The van der Waals surface area contributed by atoms with Gasteiger partial charge in [0, 0.05) is 57.2 Å². The standard InChI is InChI=1S/C34H48F5NO5SSi/c1-32(2,3)47(6,7)45-26-21-33(4,5)20-25-27(26)29-28(30(40(25)41)22-12-16-42-17-13-22)31(44-34(29)14-18-43-19-15-34)23-8-10-24(11-9-23)46(35,36,37,38)39/h8-11,22,26,31H,12-21H2,1-7H3. The zero-order valence-electron chi connectivity index (χ0n) is 28.4. The summed E-state index contributed by atoms with van der Waals surface area (Å²) in [5.74, 6) is -0.171. The maximum absolute atomic E-state index is 14.9. The Bertz CT molecular complexity index is 1550. The molecule has 0 amide bonds. The first-order valence-electron chi connectivity index (χ1n) is 16.6. The van der Waals surface area contributed by atoms with Crippen molar-refractivity contribution < 1.29 is 42.8 Å². The van der Waals surface area contributed by atoms with Crippen molar-refractivity contribution in [3.63, 3.8) is 0 Å². The molecule has 2 unspecified atom stereocenters. The van der Waals surface area contributed by atoms with Crippen molar-refractivity contribution in [2.45, 2.75) is 120 Å². The molecule has 1 aromatic heterocycles. The largest absolute Gasteiger partial charge is 0.618 e. The Labute approximate surface area is 275 Å². The average Bonchev–Trinajstić information content (AvgIpc) is 3.25. The van der Waals surface area contributed by atoms with E-state index in [4.69, 9.17) is 18.6 Å². The van der Waals surface area contributed by atoms with Gasteiger partial charge in [-0.25, -0.2) is 0 Å². The van der Waals surface area contributed by atoms with Gasteiger partial charge in [-0.05, 0) is 60.5 Å². The van der Waals surface area contributed by atoms with Gasteiger partial charge in [-0.3, -0.25) is 0 Å².